The Morgan fingerprint density at radius 2 is 2.15 bits per heavy atom. The number of rotatable bonds is 6. The van der Waals surface area contributed by atoms with Gasteiger partial charge in [0.15, 0.2) is 11.6 Å². The summed E-state index contributed by atoms with van der Waals surface area (Å²) in [4.78, 5) is 20.7. The van der Waals surface area contributed by atoms with Gasteiger partial charge in [-0.2, -0.15) is 0 Å². The Balaban J connectivity index is 1.28. The summed E-state index contributed by atoms with van der Waals surface area (Å²) in [7, 11) is 1.45. The molecule has 10 heteroatoms. The number of aromatic nitrogens is 3. The molecular formula is C23H26ClFN6O2. The number of carbonyl (C=O) groups is 1. The van der Waals surface area contributed by atoms with Gasteiger partial charge in [-0.05, 0) is 38.3 Å². The monoisotopic (exact) mass is 472 g/mol. The van der Waals surface area contributed by atoms with Crippen molar-refractivity contribution in [3.8, 4) is 5.75 Å². The molecule has 0 bridgehead atoms. The molecule has 33 heavy (non-hydrogen) atoms. The summed E-state index contributed by atoms with van der Waals surface area (Å²) in [6, 6.07) is 5.32. The van der Waals surface area contributed by atoms with Crippen molar-refractivity contribution in [2.24, 2.45) is 5.92 Å². The van der Waals surface area contributed by atoms with E-state index in [2.05, 4.69) is 26.1 Å². The summed E-state index contributed by atoms with van der Waals surface area (Å²) in [6.07, 6.45) is 4.23. The maximum Gasteiger partial charge on any atom is 0.238 e. The fraction of sp³-hybridized carbons (Fsp3) is 0.435. The van der Waals surface area contributed by atoms with E-state index in [1.807, 2.05) is 23.6 Å². The maximum atomic E-state index is 14.2. The number of ether oxygens (including phenoxy) is 1. The van der Waals surface area contributed by atoms with E-state index < -0.39 is 5.82 Å². The van der Waals surface area contributed by atoms with Crippen molar-refractivity contribution in [1.29, 1.82) is 0 Å². The van der Waals surface area contributed by atoms with Crippen LogP contribution in [0, 0.1) is 18.7 Å². The third-order valence-corrected chi connectivity index (χ3v) is 7.05. The van der Waals surface area contributed by atoms with Crippen molar-refractivity contribution < 1.29 is 13.9 Å². The van der Waals surface area contributed by atoms with Gasteiger partial charge in [-0.1, -0.05) is 11.6 Å². The number of carbonyl (C=O) groups excluding carboxylic acids is 1. The first-order chi connectivity index (χ1) is 16.0. The molecule has 8 nitrogen and oxygen atoms in total. The van der Waals surface area contributed by atoms with Crippen LogP contribution in [0.2, 0.25) is 5.02 Å². The molecule has 1 saturated heterocycles. The van der Waals surface area contributed by atoms with Crippen molar-refractivity contribution in [1.82, 2.24) is 25.4 Å². The maximum absolute atomic E-state index is 14.2. The minimum absolute atomic E-state index is 0.0549. The normalized spacial score (nSPS) is 22.3. The first-order valence-electron chi connectivity index (χ1n) is 11.1. The first kappa shape index (κ1) is 21.9. The average Bonchev–Trinajstić information content (AvgIpc) is 3.34. The molecule has 1 amide bonds. The molecule has 3 heterocycles. The predicted molar refractivity (Wildman–Crippen MR) is 124 cm³/mol. The highest BCUT2D eigenvalue weighted by Gasteiger charge is 2.40. The average molecular weight is 473 g/mol. The fourth-order valence-corrected chi connectivity index (χ4v) is 5.43. The Bertz CT molecular complexity index is 1220. The fourth-order valence-electron chi connectivity index (χ4n) is 5.13. The van der Waals surface area contributed by atoms with Crippen LogP contribution in [0.3, 0.4) is 0 Å². The largest absolute Gasteiger partial charge is 0.493 e. The lowest BCUT2D eigenvalue weighted by Crippen LogP contribution is -2.35. The number of aryl methyl sites for hydroxylation is 1. The van der Waals surface area contributed by atoms with E-state index in [1.54, 1.807) is 6.33 Å². The Kier molecular flexibility index (Phi) is 5.84. The Hall–Kier alpha value is -2.91. The Labute approximate surface area is 195 Å². The summed E-state index contributed by atoms with van der Waals surface area (Å²) in [5.74, 6) is 0.913. The van der Waals surface area contributed by atoms with E-state index in [0.717, 1.165) is 42.0 Å². The number of benzene rings is 1. The van der Waals surface area contributed by atoms with Crippen LogP contribution in [0.5, 0.6) is 5.75 Å². The molecule has 1 aromatic carbocycles. The minimum Gasteiger partial charge on any atom is -0.493 e. The summed E-state index contributed by atoms with van der Waals surface area (Å²) < 4.78 is 21.5. The number of hydrazine groups is 1. The molecule has 1 aliphatic heterocycles. The number of hydrogen-bond donors (Lipinski definition) is 3. The van der Waals surface area contributed by atoms with Gasteiger partial charge in [0.25, 0.3) is 0 Å². The second kappa shape index (κ2) is 8.79. The molecule has 3 atom stereocenters. The molecule has 3 unspecified atom stereocenters. The van der Waals surface area contributed by atoms with Gasteiger partial charge in [-0.15, -0.1) is 0 Å². The highest BCUT2D eigenvalue weighted by Crippen LogP contribution is 2.38. The lowest BCUT2D eigenvalue weighted by atomic mass is 9.77. The molecule has 1 saturated carbocycles. The molecule has 3 aromatic rings. The van der Waals surface area contributed by atoms with Crippen LogP contribution in [-0.4, -0.2) is 40.1 Å². The standard InChI is InChI=1S/C23H26ClFN6O2/c1-12-7-15-21(16(24)9-17(25)22(15)33-2)31(12)6-5-26-20-10-18(27-11-28-20)13-3-4-14-19(8-13)29-30-23(14)32/h7,9-11,13-14,19,29H,3-6,8H2,1-2H3,(H,30,32)(H,26,27,28). The number of nitrogens with one attached hydrogen (secondary N) is 3. The van der Waals surface area contributed by atoms with Crippen molar-refractivity contribution in [2.45, 2.75) is 44.7 Å². The smallest absolute Gasteiger partial charge is 0.238 e. The van der Waals surface area contributed by atoms with E-state index >= 15 is 0 Å². The SMILES string of the molecule is COc1c(F)cc(Cl)c2c1cc(C)n2CCNc1cc(C2CCC3C(=O)NNC3C2)ncn1. The quantitative estimate of drug-likeness (QED) is 0.508. The lowest BCUT2D eigenvalue weighted by molar-refractivity contribution is -0.123. The van der Waals surface area contributed by atoms with Crippen molar-refractivity contribution in [3.63, 3.8) is 0 Å². The molecule has 2 aromatic heterocycles. The van der Waals surface area contributed by atoms with Gasteiger partial charge in [-0.3, -0.25) is 10.2 Å². The second-order valence-electron chi connectivity index (χ2n) is 8.68. The number of anilines is 1. The van der Waals surface area contributed by atoms with Gasteiger partial charge in [0.1, 0.15) is 12.1 Å². The second-order valence-corrected chi connectivity index (χ2v) is 9.09. The summed E-state index contributed by atoms with van der Waals surface area (Å²) in [6.45, 7) is 3.18. The Morgan fingerprint density at radius 3 is 2.97 bits per heavy atom. The predicted octanol–water partition coefficient (Wildman–Crippen LogP) is 3.54. The van der Waals surface area contributed by atoms with E-state index in [9.17, 15) is 9.18 Å². The van der Waals surface area contributed by atoms with Gasteiger partial charge in [0.05, 0.1) is 23.6 Å². The molecule has 1 aliphatic carbocycles. The number of amides is 1. The topological polar surface area (TPSA) is 93.1 Å². The minimum atomic E-state index is -0.472. The van der Waals surface area contributed by atoms with Crippen molar-refractivity contribution in [2.75, 3.05) is 19.0 Å². The molecule has 0 radical (unpaired) electrons. The number of fused-ring (bicyclic) bond motifs is 2. The van der Waals surface area contributed by atoms with Crippen LogP contribution < -0.4 is 20.9 Å². The van der Waals surface area contributed by atoms with Crippen LogP contribution in [0.15, 0.2) is 24.5 Å². The number of nitrogens with zero attached hydrogens (tertiary/aromatic N) is 3. The highest BCUT2D eigenvalue weighted by molar-refractivity contribution is 6.35. The van der Waals surface area contributed by atoms with Gasteiger partial charge >= 0.3 is 0 Å². The van der Waals surface area contributed by atoms with Crippen LogP contribution in [-0.2, 0) is 11.3 Å². The zero-order chi connectivity index (χ0) is 23.1. The van der Waals surface area contributed by atoms with Gasteiger partial charge in [-0.25, -0.2) is 19.8 Å². The van der Waals surface area contributed by atoms with E-state index in [0.29, 0.717) is 23.5 Å². The van der Waals surface area contributed by atoms with Crippen molar-refractivity contribution >= 4 is 34.2 Å². The molecule has 5 rings (SSSR count). The number of halogens is 2. The third-order valence-electron chi connectivity index (χ3n) is 6.77. The Morgan fingerprint density at radius 1 is 1.30 bits per heavy atom. The van der Waals surface area contributed by atoms with E-state index in [1.165, 1.54) is 13.2 Å². The lowest BCUT2D eigenvalue weighted by Gasteiger charge is -2.29. The van der Waals surface area contributed by atoms with Gasteiger partial charge in [0, 0.05) is 47.9 Å². The van der Waals surface area contributed by atoms with Gasteiger partial charge in [0.2, 0.25) is 5.91 Å². The highest BCUT2D eigenvalue weighted by atomic mass is 35.5. The number of methoxy groups -OCH3 is 1. The molecule has 2 aliphatic rings. The van der Waals surface area contributed by atoms with E-state index in [4.69, 9.17) is 16.3 Å². The molecule has 174 valence electrons. The van der Waals surface area contributed by atoms with Gasteiger partial charge < -0.3 is 14.6 Å². The zero-order valence-corrected chi connectivity index (χ0v) is 19.2. The van der Waals surface area contributed by atoms with Crippen LogP contribution >= 0.6 is 11.6 Å². The molecule has 0 spiro atoms. The van der Waals surface area contributed by atoms with Crippen LogP contribution in [0.25, 0.3) is 10.9 Å². The summed E-state index contributed by atoms with van der Waals surface area (Å²) >= 11 is 6.37. The summed E-state index contributed by atoms with van der Waals surface area (Å²) in [5, 5.41) is 4.38. The third kappa shape index (κ3) is 4.00. The van der Waals surface area contributed by atoms with Crippen LogP contribution in [0.4, 0.5) is 10.2 Å². The number of hydrogen-bond acceptors (Lipinski definition) is 6. The molecule has 3 N–H and O–H groups in total. The van der Waals surface area contributed by atoms with Crippen molar-refractivity contribution in [3.05, 3.63) is 46.8 Å². The van der Waals surface area contributed by atoms with Crippen LogP contribution in [0.1, 0.15) is 36.6 Å². The molecule has 2 fully saturated rings. The summed E-state index contributed by atoms with van der Waals surface area (Å²) in [5.41, 5.74) is 8.55. The molecular weight excluding hydrogens is 447 g/mol. The zero-order valence-electron chi connectivity index (χ0n) is 18.5. The first-order valence-corrected chi connectivity index (χ1v) is 11.5. The van der Waals surface area contributed by atoms with E-state index in [-0.39, 0.29) is 29.5 Å².